The third kappa shape index (κ3) is 3.98. The molecule has 4 heteroatoms. The van der Waals surface area contributed by atoms with Crippen LogP contribution in [0, 0.1) is 6.92 Å². The Morgan fingerprint density at radius 3 is 2.71 bits per heavy atom. The van der Waals surface area contributed by atoms with Gasteiger partial charge < -0.3 is 15.4 Å². The van der Waals surface area contributed by atoms with Crippen LogP contribution in [0.25, 0.3) is 0 Å². The predicted octanol–water partition coefficient (Wildman–Crippen LogP) is 2.10. The van der Waals surface area contributed by atoms with Gasteiger partial charge in [0, 0.05) is 31.5 Å². The van der Waals surface area contributed by atoms with Crippen LogP contribution in [0.5, 0.6) is 0 Å². The van der Waals surface area contributed by atoms with Crippen molar-refractivity contribution in [3.8, 4) is 0 Å². The molecule has 2 N–H and O–H groups in total. The van der Waals surface area contributed by atoms with Crippen LogP contribution in [0.2, 0.25) is 0 Å². The monoisotopic (exact) mass is 252 g/mol. The highest BCUT2D eigenvalue weighted by molar-refractivity contribution is 7.80. The number of thiocarbonyl (C=S) groups is 1. The molecule has 1 rings (SSSR count). The number of likely N-dealkylation sites (N-methyl/N-ethyl adjacent to an activating group) is 1. The fourth-order valence-electron chi connectivity index (χ4n) is 1.64. The molecule has 0 spiro atoms. The van der Waals surface area contributed by atoms with Gasteiger partial charge in [0.25, 0.3) is 0 Å². The maximum Gasteiger partial charge on any atom is 0.104 e. The Bertz CT molecular complexity index is 393. The van der Waals surface area contributed by atoms with E-state index in [0.29, 0.717) is 4.99 Å². The minimum Gasteiger partial charge on any atom is -0.389 e. The summed E-state index contributed by atoms with van der Waals surface area (Å²) in [7, 11) is 2.05. The van der Waals surface area contributed by atoms with E-state index in [-0.39, 0.29) is 0 Å². The van der Waals surface area contributed by atoms with E-state index in [1.807, 2.05) is 33.0 Å². The molecule has 1 aromatic rings. The van der Waals surface area contributed by atoms with Gasteiger partial charge in [-0.3, -0.25) is 0 Å². The first-order chi connectivity index (χ1) is 8.06. The van der Waals surface area contributed by atoms with Gasteiger partial charge >= 0.3 is 0 Å². The number of rotatable bonds is 6. The first-order valence-corrected chi connectivity index (χ1v) is 6.16. The van der Waals surface area contributed by atoms with Gasteiger partial charge in [0.15, 0.2) is 0 Å². The molecule has 1 aromatic carbocycles. The third-order valence-corrected chi connectivity index (χ3v) is 2.91. The van der Waals surface area contributed by atoms with Crippen molar-refractivity contribution in [2.75, 3.05) is 31.7 Å². The van der Waals surface area contributed by atoms with E-state index in [9.17, 15) is 0 Å². The Labute approximate surface area is 109 Å². The first-order valence-electron chi connectivity index (χ1n) is 5.75. The van der Waals surface area contributed by atoms with Gasteiger partial charge in [-0.2, -0.15) is 0 Å². The Morgan fingerprint density at radius 2 is 2.18 bits per heavy atom. The van der Waals surface area contributed by atoms with Crippen molar-refractivity contribution in [3.63, 3.8) is 0 Å². The van der Waals surface area contributed by atoms with Gasteiger partial charge in [-0.1, -0.05) is 12.2 Å². The van der Waals surface area contributed by atoms with Crippen LogP contribution < -0.4 is 10.6 Å². The molecule has 0 unspecified atom stereocenters. The molecular formula is C13H20N2OS. The number of hydrogen-bond donors (Lipinski definition) is 1. The van der Waals surface area contributed by atoms with Crippen molar-refractivity contribution in [1.82, 2.24) is 0 Å². The van der Waals surface area contributed by atoms with Crippen LogP contribution in [0.3, 0.4) is 0 Å². The summed E-state index contributed by atoms with van der Waals surface area (Å²) in [6, 6.07) is 6.11. The number of hydrogen-bond acceptors (Lipinski definition) is 3. The molecule has 0 aliphatic carbocycles. The van der Waals surface area contributed by atoms with Gasteiger partial charge in [0.1, 0.15) is 4.99 Å². The summed E-state index contributed by atoms with van der Waals surface area (Å²) < 4.78 is 5.34. The summed E-state index contributed by atoms with van der Waals surface area (Å²) in [6.07, 6.45) is 0. The van der Waals surface area contributed by atoms with Crippen molar-refractivity contribution >= 4 is 22.9 Å². The van der Waals surface area contributed by atoms with E-state index >= 15 is 0 Å². The van der Waals surface area contributed by atoms with Gasteiger partial charge in [-0.15, -0.1) is 0 Å². The van der Waals surface area contributed by atoms with E-state index in [4.69, 9.17) is 22.7 Å². The lowest BCUT2D eigenvalue weighted by Crippen LogP contribution is -2.23. The zero-order valence-electron chi connectivity index (χ0n) is 10.7. The van der Waals surface area contributed by atoms with E-state index < -0.39 is 0 Å². The second-order valence-corrected chi connectivity index (χ2v) is 4.42. The molecule has 0 aliphatic heterocycles. The zero-order valence-corrected chi connectivity index (χ0v) is 11.5. The number of benzene rings is 1. The smallest absolute Gasteiger partial charge is 0.104 e. The molecule has 0 atom stereocenters. The molecule has 3 nitrogen and oxygen atoms in total. The Balaban J connectivity index is 2.72. The molecule has 0 amide bonds. The summed E-state index contributed by atoms with van der Waals surface area (Å²) in [5.41, 5.74) is 8.85. The van der Waals surface area contributed by atoms with Crippen LogP contribution >= 0.6 is 12.2 Å². The molecule has 0 radical (unpaired) electrons. The van der Waals surface area contributed by atoms with Crippen molar-refractivity contribution in [1.29, 1.82) is 0 Å². The molecule has 0 aliphatic rings. The lowest BCUT2D eigenvalue weighted by molar-refractivity contribution is 0.154. The molecule has 0 aromatic heterocycles. The number of nitrogens with zero attached hydrogens (tertiary/aromatic N) is 1. The quantitative estimate of drug-likeness (QED) is 0.621. The van der Waals surface area contributed by atoms with Gasteiger partial charge in [0.2, 0.25) is 0 Å². The molecule has 0 saturated carbocycles. The largest absolute Gasteiger partial charge is 0.389 e. The van der Waals surface area contributed by atoms with Crippen molar-refractivity contribution < 1.29 is 4.74 Å². The van der Waals surface area contributed by atoms with E-state index in [1.54, 1.807) is 0 Å². The highest BCUT2D eigenvalue weighted by Gasteiger charge is 2.05. The molecule has 17 heavy (non-hydrogen) atoms. The normalized spacial score (nSPS) is 10.3. The molecule has 94 valence electrons. The second-order valence-electron chi connectivity index (χ2n) is 3.98. The third-order valence-electron chi connectivity index (χ3n) is 2.69. The number of anilines is 1. The van der Waals surface area contributed by atoms with Gasteiger partial charge in [-0.25, -0.2) is 0 Å². The summed E-state index contributed by atoms with van der Waals surface area (Å²) >= 11 is 4.99. The fourth-order valence-corrected chi connectivity index (χ4v) is 1.87. The lowest BCUT2D eigenvalue weighted by atomic mass is 10.1. The minimum atomic E-state index is 0.450. The molecule has 0 fully saturated rings. The van der Waals surface area contributed by atoms with Crippen molar-refractivity contribution in [2.24, 2.45) is 5.73 Å². The maximum absolute atomic E-state index is 5.64. The predicted molar refractivity (Wildman–Crippen MR) is 76.8 cm³/mol. The molecule has 0 saturated heterocycles. The van der Waals surface area contributed by atoms with E-state index in [2.05, 4.69) is 11.0 Å². The molecule has 0 heterocycles. The second kappa shape index (κ2) is 6.57. The molecular weight excluding hydrogens is 232 g/mol. The number of nitrogens with two attached hydrogens (primary N) is 1. The van der Waals surface area contributed by atoms with E-state index in [0.717, 1.165) is 36.6 Å². The van der Waals surface area contributed by atoms with Gasteiger partial charge in [-0.05, 0) is 37.6 Å². The summed E-state index contributed by atoms with van der Waals surface area (Å²) in [5, 5.41) is 0. The van der Waals surface area contributed by atoms with Crippen molar-refractivity contribution in [3.05, 3.63) is 29.3 Å². The average Bonchev–Trinajstić information content (AvgIpc) is 2.28. The van der Waals surface area contributed by atoms with Crippen LogP contribution in [0.4, 0.5) is 5.69 Å². The highest BCUT2D eigenvalue weighted by atomic mass is 32.1. The average molecular weight is 252 g/mol. The van der Waals surface area contributed by atoms with Crippen LogP contribution in [0.15, 0.2) is 18.2 Å². The summed E-state index contributed by atoms with van der Waals surface area (Å²) in [5.74, 6) is 0. The van der Waals surface area contributed by atoms with Crippen LogP contribution in [0.1, 0.15) is 18.1 Å². The summed E-state index contributed by atoms with van der Waals surface area (Å²) in [4.78, 5) is 2.61. The standard InChI is InChI=1S/C13H20N2OS/c1-4-16-8-7-15(3)11-5-6-12(13(14)17)10(2)9-11/h5-6,9H,4,7-8H2,1-3H3,(H2,14,17). The topological polar surface area (TPSA) is 38.5 Å². The Morgan fingerprint density at radius 1 is 1.47 bits per heavy atom. The Hall–Kier alpha value is -1.13. The van der Waals surface area contributed by atoms with E-state index in [1.165, 1.54) is 0 Å². The highest BCUT2D eigenvalue weighted by Crippen LogP contribution is 2.18. The number of aryl methyl sites for hydroxylation is 1. The van der Waals surface area contributed by atoms with Crippen LogP contribution in [-0.2, 0) is 4.74 Å². The van der Waals surface area contributed by atoms with Crippen molar-refractivity contribution in [2.45, 2.75) is 13.8 Å². The summed E-state index contributed by atoms with van der Waals surface area (Å²) in [6.45, 7) is 6.39. The molecule has 0 bridgehead atoms. The Kier molecular flexibility index (Phi) is 5.38. The minimum absolute atomic E-state index is 0.450. The number of ether oxygens (including phenoxy) is 1. The van der Waals surface area contributed by atoms with Crippen LogP contribution in [-0.4, -0.2) is 31.8 Å². The fraction of sp³-hybridized carbons (Fsp3) is 0.462. The lowest BCUT2D eigenvalue weighted by Gasteiger charge is -2.20. The van der Waals surface area contributed by atoms with Gasteiger partial charge in [0.05, 0.1) is 6.61 Å². The maximum atomic E-state index is 5.64. The first kappa shape index (κ1) is 13.9. The zero-order chi connectivity index (χ0) is 12.8. The SMILES string of the molecule is CCOCCN(C)c1ccc(C(N)=S)c(C)c1.